The Hall–Kier alpha value is -3.27. The van der Waals surface area contributed by atoms with Crippen LogP contribution in [0.5, 0.6) is 0 Å². The minimum absolute atomic E-state index is 0.105. The third kappa shape index (κ3) is 4.18. The lowest BCUT2D eigenvalue weighted by molar-refractivity contribution is 0.0942. The molecule has 4 nitrogen and oxygen atoms in total. The normalized spacial score (nSPS) is 10.7. The molecule has 1 amide bonds. The van der Waals surface area contributed by atoms with Gasteiger partial charge in [0, 0.05) is 36.0 Å². The van der Waals surface area contributed by atoms with Crippen molar-refractivity contribution in [2.24, 2.45) is 0 Å². The summed E-state index contributed by atoms with van der Waals surface area (Å²) in [5.41, 5.74) is 7.86. The second kappa shape index (κ2) is 9.04. The molecule has 0 atom stereocenters. The summed E-state index contributed by atoms with van der Waals surface area (Å²) in [6.07, 6.45) is 2.37. The summed E-state index contributed by atoms with van der Waals surface area (Å²) < 4.78 is 0. The van der Waals surface area contributed by atoms with Gasteiger partial charge in [0.05, 0.1) is 5.56 Å². The van der Waals surface area contributed by atoms with Crippen LogP contribution in [0.4, 0.5) is 0 Å². The molecule has 3 rings (SSSR count). The van der Waals surface area contributed by atoms with Gasteiger partial charge in [0.2, 0.25) is 0 Å². The number of hydrogen-bond donors (Lipinski definition) is 1. The van der Waals surface area contributed by atoms with Gasteiger partial charge in [-0.25, -0.2) is 0 Å². The minimum Gasteiger partial charge on any atom is -0.352 e. The quantitative estimate of drug-likeness (QED) is 0.603. The zero-order valence-corrected chi connectivity index (χ0v) is 18.3. The van der Waals surface area contributed by atoms with E-state index in [9.17, 15) is 9.59 Å². The second-order valence-corrected chi connectivity index (χ2v) is 7.70. The van der Waals surface area contributed by atoms with Gasteiger partial charge in [-0.05, 0) is 80.6 Å². The van der Waals surface area contributed by atoms with Gasteiger partial charge >= 0.3 is 0 Å². The zero-order valence-electron chi connectivity index (χ0n) is 18.3. The Morgan fingerprint density at radius 1 is 0.767 bits per heavy atom. The summed E-state index contributed by atoms with van der Waals surface area (Å²) in [4.78, 5) is 30.7. The van der Waals surface area contributed by atoms with Gasteiger partial charge in [-0.2, -0.15) is 0 Å². The van der Waals surface area contributed by atoms with E-state index in [1.165, 1.54) is 5.56 Å². The molecule has 0 aliphatic carbocycles. The standard InChI is InChI=1S/C26H28N2O2/c1-16-17(2)19(4)24(20(5)18(16)3)25(29)22-11-6-7-12-23(22)26(30)28-15-13-21-10-8-9-14-27-21/h6-12,14H,13,15H2,1-5H3,(H,28,30). The van der Waals surface area contributed by atoms with Crippen LogP contribution in [0.1, 0.15) is 59.8 Å². The summed E-state index contributed by atoms with van der Waals surface area (Å²) in [6, 6.07) is 12.8. The van der Waals surface area contributed by atoms with E-state index in [0.717, 1.165) is 27.9 Å². The monoisotopic (exact) mass is 400 g/mol. The van der Waals surface area contributed by atoms with E-state index in [1.54, 1.807) is 30.5 Å². The van der Waals surface area contributed by atoms with Crippen molar-refractivity contribution in [3.63, 3.8) is 0 Å². The van der Waals surface area contributed by atoms with Gasteiger partial charge in [-0.1, -0.05) is 24.3 Å². The van der Waals surface area contributed by atoms with Crippen LogP contribution in [-0.4, -0.2) is 23.2 Å². The molecule has 0 aliphatic heterocycles. The van der Waals surface area contributed by atoms with E-state index in [2.05, 4.69) is 17.2 Å². The predicted molar refractivity (Wildman–Crippen MR) is 120 cm³/mol. The lowest BCUT2D eigenvalue weighted by atomic mass is 9.85. The minimum atomic E-state index is -0.245. The first-order chi connectivity index (χ1) is 14.3. The number of aromatic nitrogens is 1. The number of nitrogens with one attached hydrogen (secondary N) is 1. The van der Waals surface area contributed by atoms with Crippen molar-refractivity contribution >= 4 is 11.7 Å². The first-order valence-corrected chi connectivity index (χ1v) is 10.2. The highest BCUT2D eigenvalue weighted by molar-refractivity contribution is 6.16. The Balaban J connectivity index is 1.88. The molecule has 0 fully saturated rings. The number of pyridine rings is 1. The van der Waals surface area contributed by atoms with E-state index in [1.807, 2.05) is 45.9 Å². The van der Waals surface area contributed by atoms with E-state index >= 15 is 0 Å². The fraction of sp³-hybridized carbons (Fsp3) is 0.269. The molecule has 0 bridgehead atoms. The van der Waals surface area contributed by atoms with Crippen LogP contribution in [-0.2, 0) is 6.42 Å². The maximum absolute atomic E-state index is 13.5. The summed E-state index contributed by atoms with van der Waals surface area (Å²) in [6.45, 7) is 10.6. The van der Waals surface area contributed by atoms with E-state index < -0.39 is 0 Å². The van der Waals surface area contributed by atoms with Gasteiger partial charge in [0.1, 0.15) is 0 Å². The molecular formula is C26H28N2O2. The van der Waals surface area contributed by atoms with E-state index in [-0.39, 0.29) is 11.7 Å². The van der Waals surface area contributed by atoms with Crippen LogP contribution in [0.2, 0.25) is 0 Å². The van der Waals surface area contributed by atoms with Gasteiger partial charge in [0.25, 0.3) is 5.91 Å². The molecule has 0 spiro atoms. The highest BCUT2D eigenvalue weighted by atomic mass is 16.2. The van der Waals surface area contributed by atoms with Crippen molar-refractivity contribution in [1.82, 2.24) is 10.3 Å². The fourth-order valence-electron chi connectivity index (χ4n) is 3.80. The third-order valence-corrected chi connectivity index (χ3v) is 6.04. The average molecular weight is 401 g/mol. The number of benzene rings is 2. The lowest BCUT2D eigenvalue weighted by Gasteiger charge is -2.19. The Kier molecular flexibility index (Phi) is 6.46. The summed E-state index contributed by atoms with van der Waals surface area (Å²) >= 11 is 0. The summed E-state index contributed by atoms with van der Waals surface area (Å²) in [5.74, 6) is -0.350. The Morgan fingerprint density at radius 3 is 1.93 bits per heavy atom. The van der Waals surface area contributed by atoms with Gasteiger partial charge in [-0.3, -0.25) is 14.6 Å². The maximum Gasteiger partial charge on any atom is 0.252 e. The number of carbonyl (C=O) groups is 2. The molecule has 154 valence electrons. The SMILES string of the molecule is Cc1c(C)c(C)c(C(=O)c2ccccc2C(=O)NCCc2ccccn2)c(C)c1C. The molecule has 1 aromatic heterocycles. The third-order valence-electron chi connectivity index (χ3n) is 6.04. The molecule has 3 aromatic rings. The van der Waals surface area contributed by atoms with Crippen LogP contribution in [0.3, 0.4) is 0 Å². The number of ketones is 1. The Morgan fingerprint density at radius 2 is 1.33 bits per heavy atom. The van der Waals surface area contributed by atoms with Crippen LogP contribution >= 0.6 is 0 Å². The lowest BCUT2D eigenvalue weighted by Crippen LogP contribution is -2.28. The van der Waals surface area contributed by atoms with Crippen molar-refractivity contribution in [3.05, 3.63) is 98.9 Å². The zero-order chi connectivity index (χ0) is 21.8. The van der Waals surface area contributed by atoms with Crippen LogP contribution in [0.15, 0.2) is 48.7 Å². The molecular weight excluding hydrogens is 372 g/mol. The van der Waals surface area contributed by atoms with E-state index in [0.29, 0.717) is 29.7 Å². The number of hydrogen-bond acceptors (Lipinski definition) is 3. The van der Waals surface area contributed by atoms with Crippen LogP contribution in [0.25, 0.3) is 0 Å². The molecule has 0 aliphatic rings. The van der Waals surface area contributed by atoms with Crippen LogP contribution < -0.4 is 5.32 Å². The number of rotatable bonds is 6. The first kappa shape index (κ1) is 21.4. The summed E-state index contributed by atoms with van der Waals surface area (Å²) in [5, 5.41) is 2.92. The van der Waals surface area contributed by atoms with Gasteiger partial charge < -0.3 is 5.32 Å². The fourth-order valence-corrected chi connectivity index (χ4v) is 3.80. The van der Waals surface area contributed by atoms with Crippen molar-refractivity contribution in [3.8, 4) is 0 Å². The van der Waals surface area contributed by atoms with Crippen molar-refractivity contribution in [2.75, 3.05) is 6.54 Å². The number of carbonyl (C=O) groups excluding carboxylic acids is 2. The topological polar surface area (TPSA) is 59.1 Å². The highest BCUT2D eigenvalue weighted by Crippen LogP contribution is 2.28. The largest absolute Gasteiger partial charge is 0.352 e. The van der Waals surface area contributed by atoms with Crippen molar-refractivity contribution < 1.29 is 9.59 Å². The molecule has 2 aromatic carbocycles. The van der Waals surface area contributed by atoms with Crippen molar-refractivity contribution in [2.45, 2.75) is 41.0 Å². The number of amides is 1. The average Bonchev–Trinajstić information content (AvgIpc) is 2.77. The summed E-state index contributed by atoms with van der Waals surface area (Å²) in [7, 11) is 0. The molecule has 0 radical (unpaired) electrons. The highest BCUT2D eigenvalue weighted by Gasteiger charge is 2.23. The van der Waals surface area contributed by atoms with Crippen LogP contribution in [0, 0.1) is 34.6 Å². The smallest absolute Gasteiger partial charge is 0.252 e. The predicted octanol–water partition coefficient (Wildman–Crippen LogP) is 4.83. The Bertz CT molecular complexity index is 1070. The van der Waals surface area contributed by atoms with Gasteiger partial charge in [-0.15, -0.1) is 0 Å². The second-order valence-electron chi connectivity index (χ2n) is 7.70. The first-order valence-electron chi connectivity index (χ1n) is 10.2. The van der Waals surface area contributed by atoms with E-state index in [4.69, 9.17) is 0 Å². The number of nitrogens with zero attached hydrogens (tertiary/aromatic N) is 1. The molecule has 0 saturated carbocycles. The molecule has 1 heterocycles. The molecule has 30 heavy (non-hydrogen) atoms. The Labute approximate surface area is 178 Å². The molecule has 4 heteroatoms. The van der Waals surface area contributed by atoms with Crippen molar-refractivity contribution in [1.29, 1.82) is 0 Å². The molecule has 1 N–H and O–H groups in total. The molecule has 0 saturated heterocycles. The maximum atomic E-state index is 13.5. The van der Waals surface area contributed by atoms with Gasteiger partial charge in [0.15, 0.2) is 5.78 Å². The molecule has 0 unspecified atom stereocenters.